The number of benzene rings is 2. The number of hydrogen-bond acceptors (Lipinski definition) is 7. The highest BCUT2D eigenvalue weighted by Gasteiger charge is 2.11. The van der Waals surface area contributed by atoms with Crippen molar-refractivity contribution < 1.29 is 25.9 Å². The van der Waals surface area contributed by atoms with Gasteiger partial charge in [0.05, 0.1) is 21.2 Å². The predicted molar refractivity (Wildman–Crippen MR) is 81.1 cm³/mol. The summed E-state index contributed by atoms with van der Waals surface area (Å²) in [4.78, 5) is -0.653. The van der Waals surface area contributed by atoms with Crippen molar-refractivity contribution in [1.82, 2.24) is 0 Å². The standard InChI is InChI=1S/C12H11N3O6S2/c13-11-7-10(23(19,20)21)5-6-12(11)15-14-8-1-3-9(4-2-8)22(16,17)18/h1-7H,13H2,(H,16,17,18)(H,19,20,21). The molecule has 0 spiro atoms. The summed E-state index contributed by atoms with van der Waals surface area (Å²) in [7, 11) is -8.65. The van der Waals surface area contributed by atoms with Gasteiger partial charge in [0.25, 0.3) is 20.2 Å². The fraction of sp³-hybridized carbons (Fsp3) is 0. The minimum absolute atomic E-state index is 0.0153. The third-order valence-corrected chi connectivity index (χ3v) is 4.42. The average Bonchev–Trinajstić information content (AvgIpc) is 2.44. The predicted octanol–water partition coefficient (Wildman–Crippen LogP) is 2.18. The molecule has 0 aromatic heterocycles. The number of azo groups is 1. The fourth-order valence-corrected chi connectivity index (χ4v) is 2.58. The van der Waals surface area contributed by atoms with E-state index in [0.29, 0.717) is 0 Å². The Labute approximate surface area is 132 Å². The van der Waals surface area contributed by atoms with Gasteiger partial charge in [0.1, 0.15) is 5.69 Å². The van der Waals surface area contributed by atoms with Crippen LogP contribution in [0.3, 0.4) is 0 Å². The normalized spacial score (nSPS) is 12.6. The smallest absolute Gasteiger partial charge is 0.294 e. The van der Waals surface area contributed by atoms with E-state index in [9.17, 15) is 16.8 Å². The van der Waals surface area contributed by atoms with Crippen molar-refractivity contribution >= 4 is 37.3 Å². The van der Waals surface area contributed by atoms with Gasteiger partial charge < -0.3 is 5.73 Å². The summed E-state index contributed by atoms with van der Waals surface area (Å²) in [5, 5.41) is 7.61. The molecular weight excluding hydrogens is 346 g/mol. The van der Waals surface area contributed by atoms with Crippen molar-refractivity contribution in [3.05, 3.63) is 42.5 Å². The molecular formula is C12H11N3O6S2. The van der Waals surface area contributed by atoms with Crippen molar-refractivity contribution in [2.75, 3.05) is 5.73 Å². The van der Waals surface area contributed by atoms with Crippen molar-refractivity contribution in [2.24, 2.45) is 10.2 Å². The second-order valence-corrected chi connectivity index (χ2v) is 7.21. The molecule has 0 saturated carbocycles. The maximum absolute atomic E-state index is 11.0. The van der Waals surface area contributed by atoms with Crippen LogP contribution in [0.5, 0.6) is 0 Å². The van der Waals surface area contributed by atoms with Gasteiger partial charge in [0, 0.05) is 0 Å². The Bertz CT molecular complexity index is 966. The topological polar surface area (TPSA) is 159 Å². The monoisotopic (exact) mass is 357 g/mol. The van der Waals surface area contributed by atoms with Crippen molar-refractivity contribution in [3.8, 4) is 0 Å². The van der Waals surface area contributed by atoms with Gasteiger partial charge in [-0.15, -0.1) is 5.11 Å². The molecule has 0 atom stereocenters. The average molecular weight is 357 g/mol. The third-order valence-electron chi connectivity index (χ3n) is 2.70. The van der Waals surface area contributed by atoms with Gasteiger partial charge in [-0.05, 0) is 42.5 Å². The van der Waals surface area contributed by atoms with Crippen LogP contribution in [-0.4, -0.2) is 25.9 Å². The first-order valence-electron chi connectivity index (χ1n) is 5.94. The van der Waals surface area contributed by atoms with E-state index >= 15 is 0 Å². The van der Waals surface area contributed by atoms with Crippen LogP contribution >= 0.6 is 0 Å². The molecule has 0 amide bonds. The van der Waals surface area contributed by atoms with Crippen LogP contribution in [0.25, 0.3) is 0 Å². The van der Waals surface area contributed by atoms with Gasteiger partial charge in [0.2, 0.25) is 0 Å². The van der Waals surface area contributed by atoms with Gasteiger partial charge in [0.15, 0.2) is 0 Å². The quantitative estimate of drug-likeness (QED) is 0.429. The zero-order valence-corrected chi connectivity index (χ0v) is 13.0. The van der Waals surface area contributed by atoms with Gasteiger partial charge in [-0.2, -0.15) is 21.9 Å². The van der Waals surface area contributed by atoms with Crippen LogP contribution < -0.4 is 5.73 Å². The second kappa shape index (κ2) is 6.04. The van der Waals surface area contributed by atoms with E-state index in [4.69, 9.17) is 14.8 Å². The molecule has 23 heavy (non-hydrogen) atoms. The maximum Gasteiger partial charge on any atom is 0.294 e. The van der Waals surface area contributed by atoms with E-state index in [-0.39, 0.29) is 26.9 Å². The molecule has 0 saturated heterocycles. The lowest BCUT2D eigenvalue weighted by Crippen LogP contribution is -1.99. The number of rotatable bonds is 4. The van der Waals surface area contributed by atoms with Gasteiger partial charge in [-0.1, -0.05) is 0 Å². The van der Waals surface area contributed by atoms with Crippen molar-refractivity contribution in [1.29, 1.82) is 0 Å². The molecule has 2 aromatic rings. The molecule has 0 fully saturated rings. The summed E-state index contributed by atoms with van der Waals surface area (Å²) in [5.74, 6) is 0. The molecule has 4 N–H and O–H groups in total. The zero-order valence-electron chi connectivity index (χ0n) is 11.4. The molecule has 0 heterocycles. The van der Waals surface area contributed by atoms with Crippen LogP contribution in [0.2, 0.25) is 0 Å². The van der Waals surface area contributed by atoms with E-state index in [1.54, 1.807) is 0 Å². The zero-order chi connectivity index (χ0) is 17.3. The number of anilines is 1. The summed E-state index contributed by atoms with van der Waals surface area (Å²) in [6.45, 7) is 0. The molecule has 0 aliphatic heterocycles. The summed E-state index contributed by atoms with van der Waals surface area (Å²) in [6.07, 6.45) is 0. The summed E-state index contributed by atoms with van der Waals surface area (Å²) in [5.41, 5.74) is 6.06. The van der Waals surface area contributed by atoms with E-state index < -0.39 is 20.2 Å². The molecule has 122 valence electrons. The van der Waals surface area contributed by atoms with E-state index in [1.807, 2.05) is 0 Å². The van der Waals surface area contributed by atoms with Crippen LogP contribution in [0, 0.1) is 0 Å². The van der Waals surface area contributed by atoms with Gasteiger partial charge in [-0.25, -0.2) is 0 Å². The van der Waals surface area contributed by atoms with Gasteiger partial charge in [-0.3, -0.25) is 9.11 Å². The van der Waals surface area contributed by atoms with Crippen LogP contribution in [0.4, 0.5) is 17.1 Å². The molecule has 0 aliphatic carbocycles. The number of nitrogen functional groups attached to an aromatic ring is 1. The second-order valence-electron chi connectivity index (χ2n) is 4.36. The number of nitrogens with zero attached hydrogens (tertiary/aromatic N) is 2. The molecule has 2 aromatic carbocycles. The highest BCUT2D eigenvalue weighted by Crippen LogP contribution is 2.27. The van der Waals surface area contributed by atoms with Crippen LogP contribution in [0.1, 0.15) is 0 Å². The fourth-order valence-electron chi connectivity index (χ4n) is 1.58. The van der Waals surface area contributed by atoms with Crippen LogP contribution in [-0.2, 0) is 20.2 Å². The van der Waals surface area contributed by atoms with Gasteiger partial charge >= 0.3 is 0 Å². The Hall–Kier alpha value is -2.34. The summed E-state index contributed by atoms with van der Waals surface area (Å²) >= 11 is 0. The van der Waals surface area contributed by atoms with E-state index in [2.05, 4.69) is 10.2 Å². The molecule has 0 aliphatic rings. The Morgan fingerprint density at radius 2 is 1.30 bits per heavy atom. The highest BCUT2D eigenvalue weighted by molar-refractivity contribution is 7.86. The SMILES string of the molecule is Nc1cc(S(=O)(=O)O)ccc1N=Nc1ccc(S(=O)(=O)O)cc1. The first-order chi connectivity index (χ1) is 10.6. The number of hydrogen-bond donors (Lipinski definition) is 3. The molecule has 0 unspecified atom stereocenters. The lowest BCUT2D eigenvalue weighted by molar-refractivity contribution is 0.481. The third kappa shape index (κ3) is 4.32. The molecule has 0 bridgehead atoms. The Morgan fingerprint density at radius 3 is 1.78 bits per heavy atom. The lowest BCUT2D eigenvalue weighted by atomic mass is 10.3. The Balaban J connectivity index is 2.27. The van der Waals surface area contributed by atoms with Crippen LogP contribution in [0.15, 0.2) is 62.5 Å². The van der Waals surface area contributed by atoms with Crippen molar-refractivity contribution in [3.63, 3.8) is 0 Å². The lowest BCUT2D eigenvalue weighted by Gasteiger charge is -2.02. The first kappa shape index (κ1) is 17.0. The van der Waals surface area contributed by atoms with E-state index in [1.165, 1.54) is 18.2 Å². The van der Waals surface area contributed by atoms with Crippen molar-refractivity contribution in [2.45, 2.75) is 9.79 Å². The summed E-state index contributed by atoms with van der Waals surface area (Å²) < 4.78 is 61.5. The Morgan fingerprint density at radius 1 is 0.783 bits per heavy atom. The molecule has 11 heteroatoms. The molecule has 2 rings (SSSR count). The maximum atomic E-state index is 11.0. The largest absolute Gasteiger partial charge is 0.397 e. The minimum Gasteiger partial charge on any atom is -0.397 e. The van der Waals surface area contributed by atoms with E-state index in [0.717, 1.165) is 24.3 Å². The highest BCUT2D eigenvalue weighted by atomic mass is 32.2. The molecule has 9 nitrogen and oxygen atoms in total. The molecule has 0 radical (unpaired) electrons. The number of nitrogens with two attached hydrogens (primary N) is 1. The first-order valence-corrected chi connectivity index (χ1v) is 8.82. The minimum atomic E-state index is -4.36. The summed E-state index contributed by atoms with van der Waals surface area (Å²) in [6, 6.07) is 8.33. The Kier molecular flexibility index (Phi) is 4.47.